The highest BCUT2D eigenvalue weighted by Gasteiger charge is 2.37. The number of amides is 1. The van der Waals surface area contributed by atoms with Gasteiger partial charge in [-0.3, -0.25) is 4.79 Å². The van der Waals surface area contributed by atoms with Gasteiger partial charge in [-0.1, -0.05) is 19.0 Å². The van der Waals surface area contributed by atoms with E-state index in [-0.39, 0.29) is 17.9 Å². The molecule has 0 N–H and O–H groups in total. The first-order chi connectivity index (χ1) is 10.6. The fourth-order valence-corrected chi connectivity index (χ4v) is 2.73. The van der Waals surface area contributed by atoms with Crippen molar-refractivity contribution in [3.05, 3.63) is 23.2 Å². The van der Waals surface area contributed by atoms with Gasteiger partial charge in [0.05, 0.1) is 0 Å². The van der Waals surface area contributed by atoms with Crippen molar-refractivity contribution in [3.8, 4) is 0 Å². The molecule has 0 unspecified atom stereocenters. The highest BCUT2D eigenvalue weighted by atomic mass is 16.6. The Kier molecular flexibility index (Phi) is 4.04. The van der Waals surface area contributed by atoms with E-state index >= 15 is 0 Å². The van der Waals surface area contributed by atoms with Gasteiger partial charge < -0.3 is 18.9 Å². The number of nitrogens with zero attached hydrogens (tertiary/aromatic N) is 3. The topological polar surface area (TPSA) is 77.7 Å². The van der Waals surface area contributed by atoms with Crippen molar-refractivity contribution in [2.45, 2.75) is 45.6 Å². The highest BCUT2D eigenvalue weighted by molar-refractivity contribution is 5.92. The zero-order chi connectivity index (χ0) is 15.7. The van der Waals surface area contributed by atoms with E-state index in [1.165, 1.54) is 0 Å². The molecule has 0 aliphatic carbocycles. The fourth-order valence-electron chi connectivity index (χ4n) is 2.73. The molecule has 3 rings (SSSR count). The Balaban J connectivity index is 1.82. The van der Waals surface area contributed by atoms with E-state index in [0.717, 1.165) is 12.8 Å². The summed E-state index contributed by atoms with van der Waals surface area (Å²) < 4.78 is 16.3. The zero-order valence-corrected chi connectivity index (χ0v) is 13.2. The molecule has 120 valence electrons. The van der Waals surface area contributed by atoms with Crippen molar-refractivity contribution in [2.24, 2.45) is 0 Å². The van der Waals surface area contributed by atoms with Gasteiger partial charge in [0.1, 0.15) is 25.0 Å². The van der Waals surface area contributed by atoms with E-state index in [4.69, 9.17) is 14.0 Å². The summed E-state index contributed by atoms with van der Waals surface area (Å²) >= 11 is 0. The van der Waals surface area contributed by atoms with E-state index in [2.05, 4.69) is 10.1 Å². The minimum absolute atomic E-state index is 0.163. The summed E-state index contributed by atoms with van der Waals surface area (Å²) in [6.07, 6.45) is 1.72. The number of aromatic nitrogens is 2. The molecule has 2 aliphatic heterocycles. The molecule has 1 aromatic heterocycles. The lowest BCUT2D eigenvalue weighted by Crippen LogP contribution is -2.34. The van der Waals surface area contributed by atoms with Crippen molar-refractivity contribution in [2.75, 3.05) is 19.8 Å². The number of ether oxygens (including phenoxy) is 2. The average Bonchev–Trinajstić information content (AvgIpc) is 3.15. The minimum Gasteiger partial charge on any atom is -0.491 e. The summed E-state index contributed by atoms with van der Waals surface area (Å²) in [7, 11) is 0. The summed E-state index contributed by atoms with van der Waals surface area (Å²) in [6.45, 7) is 7.30. The first kappa shape index (κ1) is 14.9. The Bertz CT molecular complexity index is 593. The number of likely N-dealkylation sites (tertiary alicyclic amines) is 1. The molecular formula is C15H21N3O4. The monoisotopic (exact) mass is 307 g/mol. The number of hydrogen-bond acceptors (Lipinski definition) is 6. The van der Waals surface area contributed by atoms with E-state index in [0.29, 0.717) is 43.0 Å². The van der Waals surface area contributed by atoms with Crippen LogP contribution in [0.15, 0.2) is 16.0 Å². The highest BCUT2D eigenvalue weighted by Crippen LogP contribution is 2.33. The summed E-state index contributed by atoms with van der Waals surface area (Å²) in [5, 5.41) is 3.99. The largest absolute Gasteiger partial charge is 0.491 e. The van der Waals surface area contributed by atoms with E-state index < -0.39 is 0 Å². The molecule has 0 spiro atoms. The average molecular weight is 307 g/mol. The normalized spacial score (nSPS) is 22.0. The first-order valence-electron chi connectivity index (χ1n) is 7.69. The van der Waals surface area contributed by atoms with Gasteiger partial charge >= 0.3 is 0 Å². The van der Waals surface area contributed by atoms with Gasteiger partial charge in [-0.15, -0.1) is 0 Å². The second kappa shape index (κ2) is 5.98. The van der Waals surface area contributed by atoms with Gasteiger partial charge in [0.15, 0.2) is 5.82 Å². The zero-order valence-electron chi connectivity index (χ0n) is 13.2. The van der Waals surface area contributed by atoms with Crippen LogP contribution in [-0.2, 0) is 14.3 Å². The number of rotatable bonds is 3. The molecule has 0 radical (unpaired) electrons. The molecule has 22 heavy (non-hydrogen) atoms. The third-order valence-corrected chi connectivity index (χ3v) is 3.93. The standard InChI is InChI=1S/C15H21N3O4/c1-9(2)13-16-14(22-17-13)11-5-4-6-18(11)15(19)12-10(3)20-7-8-21-12/h9,11H,4-8H2,1-3H3/t11-/m0/s1. The molecule has 7 heteroatoms. The molecule has 2 aliphatic rings. The van der Waals surface area contributed by atoms with E-state index in [9.17, 15) is 4.79 Å². The van der Waals surface area contributed by atoms with Crippen LogP contribution in [-0.4, -0.2) is 40.7 Å². The Labute approximate surface area is 129 Å². The fraction of sp³-hybridized carbons (Fsp3) is 0.667. The van der Waals surface area contributed by atoms with Gasteiger partial charge in [0.25, 0.3) is 5.91 Å². The number of carbonyl (C=O) groups excluding carboxylic acids is 1. The summed E-state index contributed by atoms with van der Waals surface area (Å²) in [5.74, 6) is 2.04. The van der Waals surface area contributed by atoms with Gasteiger partial charge in [0, 0.05) is 12.5 Å². The third-order valence-electron chi connectivity index (χ3n) is 3.93. The van der Waals surface area contributed by atoms with Crippen LogP contribution in [0, 0.1) is 0 Å². The second-order valence-electron chi connectivity index (χ2n) is 5.88. The van der Waals surface area contributed by atoms with E-state index in [1.54, 1.807) is 11.8 Å². The molecule has 7 nitrogen and oxygen atoms in total. The minimum atomic E-state index is -0.182. The summed E-state index contributed by atoms with van der Waals surface area (Å²) in [6, 6.07) is -0.182. The Morgan fingerprint density at radius 3 is 2.77 bits per heavy atom. The molecule has 1 aromatic rings. The van der Waals surface area contributed by atoms with Crippen molar-refractivity contribution in [1.29, 1.82) is 0 Å². The van der Waals surface area contributed by atoms with Crippen molar-refractivity contribution in [1.82, 2.24) is 15.0 Å². The lowest BCUT2D eigenvalue weighted by Gasteiger charge is -2.26. The lowest BCUT2D eigenvalue weighted by atomic mass is 10.2. The number of allylic oxidation sites excluding steroid dienone is 1. The number of hydrogen-bond donors (Lipinski definition) is 0. The van der Waals surface area contributed by atoms with Crippen LogP contribution < -0.4 is 0 Å². The van der Waals surface area contributed by atoms with Crippen LogP contribution >= 0.6 is 0 Å². The van der Waals surface area contributed by atoms with Crippen LogP contribution in [0.25, 0.3) is 0 Å². The molecule has 1 saturated heterocycles. The molecule has 1 atom stereocenters. The quantitative estimate of drug-likeness (QED) is 0.851. The smallest absolute Gasteiger partial charge is 0.293 e. The molecule has 1 amide bonds. The van der Waals surface area contributed by atoms with Crippen LogP contribution in [0.2, 0.25) is 0 Å². The van der Waals surface area contributed by atoms with Crippen LogP contribution in [0.4, 0.5) is 0 Å². The maximum atomic E-state index is 12.7. The van der Waals surface area contributed by atoms with Crippen molar-refractivity contribution >= 4 is 5.91 Å². The molecule has 0 aromatic carbocycles. The van der Waals surface area contributed by atoms with Gasteiger partial charge in [-0.05, 0) is 19.8 Å². The predicted molar refractivity (Wildman–Crippen MR) is 76.7 cm³/mol. The molecule has 0 bridgehead atoms. The van der Waals surface area contributed by atoms with Crippen molar-refractivity contribution in [3.63, 3.8) is 0 Å². The Morgan fingerprint density at radius 2 is 2.09 bits per heavy atom. The first-order valence-corrected chi connectivity index (χ1v) is 7.69. The Morgan fingerprint density at radius 1 is 1.32 bits per heavy atom. The van der Waals surface area contributed by atoms with Crippen LogP contribution in [0.5, 0.6) is 0 Å². The molecule has 0 saturated carbocycles. The van der Waals surface area contributed by atoms with Crippen LogP contribution in [0.3, 0.4) is 0 Å². The maximum absolute atomic E-state index is 12.7. The second-order valence-corrected chi connectivity index (χ2v) is 5.88. The van der Waals surface area contributed by atoms with Crippen LogP contribution in [0.1, 0.15) is 57.3 Å². The van der Waals surface area contributed by atoms with Gasteiger partial charge in [0.2, 0.25) is 11.6 Å². The summed E-state index contributed by atoms with van der Waals surface area (Å²) in [5.41, 5.74) is 0. The van der Waals surface area contributed by atoms with Gasteiger partial charge in [-0.25, -0.2) is 0 Å². The molecular weight excluding hydrogens is 286 g/mol. The molecule has 3 heterocycles. The predicted octanol–water partition coefficient (Wildman–Crippen LogP) is 2.13. The number of carbonyl (C=O) groups is 1. The third kappa shape index (κ3) is 2.67. The van der Waals surface area contributed by atoms with Gasteiger partial charge in [-0.2, -0.15) is 4.98 Å². The lowest BCUT2D eigenvalue weighted by molar-refractivity contribution is -0.134. The SMILES string of the molecule is CC1=C(C(=O)N2CCC[C@H]2c2nc(C(C)C)no2)OCCO1. The maximum Gasteiger partial charge on any atom is 0.293 e. The Hall–Kier alpha value is -2.05. The van der Waals surface area contributed by atoms with E-state index in [1.807, 2.05) is 13.8 Å². The van der Waals surface area contributed by atoms with Crippen molar-refractivity contribution < 1.29 is 18.8 Å². The molecule has 1 fully saturated rings. The summed E-state index contributed by atoms with van der Waals surface area (Å²) in [4.78, 5) is 18.9.